The second-order valence-electron chi connectivity index (χ2n) is 3.86. The van der Waals surface area contributed by atoms with Crippen LogP contribution < -0.4 is 5.32 Å². The van der Waals surface area contributed by atoms with Crippen molar-refractivity contribution in [2.24, 2.45) is 0 Å². The van der Waals surface area contributed by atoms with Crippen LogP contribution in [0, 0.1) is 6.92 Å². The molecular formula is C12H13NO2S. The van der Waals surface area contributed by atoms with Crippen LogP contribution in [-0.4, -0.2) is 22.8 Å². The van der Waals surface area contributed by atoms with E-state index in [1.165, 1.54) is 11.8 Å². The Balaban J connectivity index is 1.98. The van der Waals surface area contributed by atoms with E-state index in [9.17, 15) is 9.59 Å². The molecule has 16 heavy (non-hydrogen) atoms. The van der Waals surface area contributed by atoms with Crippen LogP contribution in [0.25, 0.3) is 0 Å². The van der Waals surface area contributed by atoms with Crippen LogP contribution in [0.5, 0.6) is 0 Å². The minimum atomic E-state index is -0.0543. The molecule has 0 radical (unpaired) electrons. The number of thioether (sulfide) groups is 1. The first-order chi connectivity index (χ1) is 7.65. The largest absolute Gasteiger partial charge is 0.343 e. The standard InChI is InChI=1S/C12H13NO2S/c1-8-2-4-9(5-3-8)10(14)6-12-13-11(15)7-16-12/h2-5,12H,6-7H2,1H3,(H,13,15). The Morgan fingerprint density at radius 2 is 2.12 bits per heavy atom. The molecule has 1 fully saturated rings. The van der Waals surface area contributed by atoms with Gasteiger partial charge in [-0.1, -0.05) is 29.8 Å². The zero-order valence-electron chi connectivity index (χ0n) is 9.03. The quantitative estimate of drug-likeness (QED) is 0.812. The van der Waals surface area contributed by atoms with Crippen molar-refractivity contribution in [3.8, 4) is 0 Å². The minimum Gasteiger partial charge on any atom is -0.343 e. The Bertz CT molecular complexity index is 414. The molecule has 1 amide bonds. The molecule has 1 atom stereocenters. The number of nitrogens with one attached hydrogen (secondary N) is 1. The van der Waals surface area contributed by atoms with Crippen molar-refractivity contribution in [2.75, 3.05) is 5.75 Å². The van der Waals surface area contributed by atoms with Crippen molar-refractivity contribution in [1.82, 2.24) is 5.32 Å². The highest BCUT2D eigenvalue weighted by Crippen LogP contribution is 2.20. The van der Waals surface area contributed by atoms with Crippen LogP contribution in [-0.2, 0) is 4.79 Å². The zero-order chi connectivity index (χ0) is 11.5. The minimum absolute atomic E-state index is 0.0201. The summed E-state index contributed by atoms with van der Waals surface area (Å²) in [6, 6.07) is 7.51. The number of aryl methyl sites for hydroxylation is 1. The summed E-state index contributed by atoms with van der Waals surface area (Å²) in [6.45, 7) is 1.99. The number of hydrogen-bond donors (Lipinski definition) is 1. The van der Waals surface area contributed by atoms with Crippen molar-refractivity contribution in [3.05, 3.63) is 35.4 Å². The van der Waals surface area contributed by atoms with Gasteiger partial charge < -0.3 is 5.32 Å². The molecule has 1 N–H and O–H groups in total. The average molecular weight is 235 g/mol. The van der Waals surface area contributed by atoms with E-state index in [-0.39, 0.29) is 17.1 Å². The smallest absolute Gasteiger partial charge is 0.230 e. The fourth-order valence-electron chi connectivity index (χ4n) is 1.57. The van der Waals surface area contributed by atoms with Gasteiger partial charge in [-0.15, -0.1) is 11.8 Å². The maximum Gasteiger partial charge on any atom is 0.230 e. The number of rotatable bonds is 3. The van der Waals surface area contributed by atoms with Crippen molar-refractivity contribution in [1.29, 1.82) is 0 Å². The summed E-state index contributed by atoms with van der Waals surface area (Å²) in [5.74, 6) is 0.567. The number of hydrogen-bond acceptors (Lipinski definition) is 3. The fraction of sp³-hybridized carbons (Fsp3) is 0.333. The summed E-state index contributed by atoms with van der Waals surface area (Å²) in [5.41, 5.74) is 1.85. The molecule has 1 heterocycles. The van der Waals surface area contributed by atoms with Gasteiger partial charge >= 0.3 is 0 Å². The second kappa shape index (κ2) is 4.70. The average Bonchev–Trinajstić information content (AvgIpc) is 2.65. The molecule has 1 unspecified atom stereocenters. The van der Waals surface area contributed by atoms with E-state index in [1.54, 1.807) is 0 Å². The fourth-order valence-corrected chi connectivity index (χ4v) is 2.49. The van der Waals surface area contributed by atoms with E-state index in [4.69, 9.17) is 0 Å². The van der Waals surface area contributed by atoms with Gasteiger partial charge in [0.1, 0.15) is 0 Å². The van der Waals surface area contributed by atoms with E-state index in [1.807, 2.05) is 31.2 Å². The molecule has 3 nitrogen and oxygen atoms in total. The zero-order valence-corrected chi connectivity index (χ0v) is 9.84. The van der Waals surface area contributed by atoms with E-state index < -0.39 is 0 Å². The Hall–Kier alpha value is -1.29. The van der Waals surface area contributed by atoms with Gasteiger partial charge in [0, 0.05) is 12.0 Å². The van der Waals surface area contributed by atoms with Gasteiger partial charge in [-0.2, -0.15) is 0 Å². The van der Waals surface area contributed by atoms with Gasteiger partial charge in [0.25, 0.3) is 0 Å². The molecule has 1 aliphatic rings. The van der Waals surface area contributed by atoms with Crippen LogP contribution in [0.15, 0.2) is 24.3 Å². The molecule has 2 rings (SSSR count). The number of carbonyl (C=O) groups is 2. The summed E-state index contributed by atoms with van der Waals surface area (Å²) in [7, 11) is 0. The lowest BCUT2D eigenvalue weighted by molar-refractivity contribution is -0.118. The van der Waals surface area contributed by atoms with Crippen LogP contribution in [0.1, 0.15) is 22.3 Å². The van der Waals surface area contributed by atoms with Gasteiger partial charge in [0.05, 0.1) is 11.1 Å². The summed E-state index contributed by atoms with van der Waals surface area (Å²) in [4.78, 5) is 22.8. The molecule has 1 aliphatic heterocycles. The van der Waals surface area contributed by atoms with Crippen LogP contribution in [0.4, 0.5) is 0 Å². The Kier molecular flexibility index (Phi) is 3.29. The first-order valence-electron chi connectivity index (χ1n) is 5.16. The summed E-state index contributed by atoms with van der Waals surface area (Å²) in [6.07, 6.45) is 0.374. The summed E-state index contributed by atoms with van der Waals surface area (Å²) < 4.78 is 0. The highest BCUT2D eigenvalue weighted by molar-refractivity contribution is 8.01. The Labute approximate surface area is 98.6 Å². The van der Waals surface area contributed by atoms with E-state index in [0.29, 0.717) is 17.7 Å². The molecule has 1 aromatic carbocycles. The topological polar surface area (TPSA) is 46.2 Å². The van der Waals surface area contributed by atoms with Gasteiger partial charge in [-0.3, -0.25) is 9.59 Å². The van der Waals surface area contributed by atoms with Gasteiger partial charge in [-0.05, 0) is 6.92 Å². The maximum atomic E-state index is 11.9. The predicted octanol–water partition coefficient (Wildman–Crippen LogP) is 1.76. The first-order valence-corrected chi connectivity index (χ1v) is 6.21. The summed E-state index contributed by atoms with van der Waals surface area (Å²) >= 11 is 1.50. The predicted molar refractivity (Wildman–Crippen MR) is 64.5 cm³/mol. The number of carbonyl (C=O) groups excluding carboxylic acids is 2. The Morgan fingerprint density at radius 1 is 1.44 bits per heavy atom. The van der Waals surface area contributed by atoms with Gasteiger partial charge in [0.2, 0.25) is 5.91 Å². The summed E-state index contributed by atoms with van der Waals surface area (Å²) in [5, 5.41) is 2.71. The molecule has 0 spiro atoms. The highest BCUT2D eigenvalue weighted by Gasteiger charge is 2.23. The van der Waals surface area contributed by atoms with E-state index >= 15 is 0 Å². The third kappa shape index (κ3) is 2.64. The van der Waals surface area contributed by atoms with Gasteiger partial charge in [-0.25, -0.2) is 0 Å². The van der Waals surface area contributed by atoms with Crippen LogP contribution in [0.3, 0.4) is 0 Å². The highest BCUT2D eigenvalue weighted by atomic mass is 32.2. The molecule has 84 valence electrons. The van der Waals surface area contributed by atoms with Crippen LogP contribution in [0.2, 0.25) is 0 Å². The van der Waals surface area contributed by atoms with Gasteiger partial charge in [0.15, 0.2) is 5.78 Å². The molecule has 0 bridgehead atoms. The number of benzene rings is 1. The SMILES string of the molecule is Cc1ccc(C(=O)CC2NC(=O)CS2)cc1. The monoisotopic (exact) mass is 235 g/mol. The lowest BCUT2D eigenvalue weighted by Gasteiger charge is -2.07. The molecule has 1 saturated heterocycles. The molecule has 1 aromatic rings. The maximum absolute atomic E-state index is 11.9. The van der Waals surface area contributed by atoms with Crippen molar-refractivity contribution < 1.29 is 9.59 Å². The normalized spacial score (nSPS) is 19.6. The van der Waals surface area contributed by atoms with E-state index in [2.05, 4.69) is 5.32 Å². The molecule has 0 aromatic heterocycles. The molecule has 0 aliphatic carbocycles. The molecular weight excluding hydrogens is 222 g/mol. The number of Topliss-reactive ketones (excluding diaryl/α,β-unsaturated/α-hetero) is 1. The lowest BCUT2D eigenvalue weighted by Crippen LogP contribution is -2.26. The molecule has 0 saturated carbocycles. The lowest BCUT2D eigenvalue weighted by atomic mass is 10.1. The van der Waals surface area contributed by atoms with Crippen molar-refractivity contribution in [2.45, 2.75) is 18.7 Å². The third-order valence-corrected chi connectivity index (χ3v) is 3.60. The van der Waals surface area contributed by atoms with E-state index in [0.717, 1.165) is 5.56 Å². The van der Waals surface area contributed by atoms with Crippen molar-refractivity contribution in [3.63, 3.8) is 0 Å². The molecule has 4 heteroatoms. The second-order valence-corrected chi connectivity index (χ2v) is 5.05. The number of ketones is 1. The third-order valence-electron chi connectivity index (χ3n) is 2.48. The Morgan fingerprint density at radius 3 is 2.69 bits per heavy atom. The first kappa shape index (κ1) is 11.2. The number of amides is 1. The van der Waals surface area contributed by atoms with Crippen LogP contribution >= 0.6 is 11.8 Å². The van der Waals surface area contributed by atoms with Crippen molar-refractivity contribution >= 4 is 23.5 Å².